The Hall–Kier alpha value is -5.20. The number of nitrogens with one attached hydrogen (secondary N) is 2. The van der Waals surface area contributed by atoms with Crippen molar-refractivity contribution in [3.63, 3.8) is 0 Å². The van der Waals surface area contributed by atoms with Crippen molar-refractivity contribution in [2.24, 2.45) is 0 Å². The summed E-state index contributed by atoms with van der Waals surface area (Å²) in [5.74, 6) is 1.08. The minimum atomic E-state index is -0.492. The molecular formula is C26H25N9O4. The summed E-state index contributed by atoms with van der Waals surface area (Å²) < 4.78 is 7.53. The number of rotatable bonds is 6. The van der Waals surface area contributed by atoms with Crippen LogP contribution >= 0.6 is 0 Å². The van der Waals surface area contributed by atoms with Crippen LogP contribution in [0.25, 0.3) is 27.6 Å². The van der Waals surface area contributed by atoms with Gasteiger partial charge in [0, 0.05) is 45.7 Å². The van der Waals surface area contributed by atoms with E-state index in [0.29, 0.717) is 40.8 Å². The second-order valence-corrected chi connectivity index (χ2v) is 9.51. The van der Waals surface area contributed by atoms with Crippen molar-refractivity contribution < 1.29 is 9.66 Å². The van der Waals surface area contributed by atoms with Gasteiger partial charge in [0.2, 0.25) is 5.95 Å². The minimum Gasteiger partial charge on any atom is -0.485 e. The van der Waals surface area contributed by atoms with Crippen LogP contribution in [0.1, 0.15) is 0 Å². The molecule has 13 heteroatoms. The number of non-ortho nitro benzene ring substituents is 1. The van der Waals surface area contributed by atoms with Crippen molar-refractivity contribution in [2.45, 2.75) is 6.10 Å². The molecule has 1 unspecified atom stereocenters. The lowest BCUT2D eigenvalue weighted by molar-refractivity contribution is -0.384. The number of pyridine rings is 1. The molecule has 0 aliphatic carbocycles. The van der Waals surface area contributed by atoms with Gasteiger partial charge in [0.05, 0.1) is 45.8 Å². The summed E-state index contributed by atoms with van der Waals surface area (Å²) in [7, 11) is 5.61. The number of H-pyrrole nitrogens is 1. The van der Waals surface area contributed by atoms with E-state index in [0.717, 1.165) is 11.4 Å². The summed E-state index contributed by atoms with van der Waals surface area (Å²) in [6, 6.07) is 12.2. The number of likely N-dealkylation sites (N-methyl/N-ethyl adjacent to an activating group) is 1. The number of hydrogen-bond donors (Lipinski definition) is 2. The maximum absolute atomic E-state index is 13.7. The first-order valence-electron chi connectivity index (χ1n) is 12.2. The monoisotopic (exact) mass is 527 g/mol. The van der Waals surface area contributed by atoms with Crippen LogP contribution in [0.5, 0.6) is 5.75 Å². The van der Waals surface area contributed by atoms with Crippen LogP contribution in [0, 0.1) is 10.1 Å². The molecule has 1 aliphatic rings. The summed E-state index contributed by atoms with van der Waals surface area (Å²) in [5, 5.41) is 22.7. The van der Waals surface area contributed by atoms with E-state index in [1.165, 1.54) is 22.9 Å². The molecular weight excluding hydrogens is 502 g/mol. The molecule has 3 aromatic heterocycles. The van der Waals surface area contributed by atoms with Gasteiger partial charge in [0.1, 0.15) is 17.4 Å². The predicted molar refractivity (Wildman–Crippen MR) is 148 cm³/mol. The topological polar surface area (TPSA) is 147 Å². The average Bonchev–Trinajstić information content (AvgIpc) is 3.42. The molecule has 2 N–H and O–H groups in total. The van der Waals surface area contributed by atoms with E-state index in [2.05, 4.69) is 25.4 Å². The maximum atomic E-state index is 13.7. The van der Waals surface area contributed by atoms with Gasteiger partial charge in [0.15, 0.2) is 5.65 Å². The molecule has 0 amide bonds. The Balaban J connectivity index is 1.45. The number of nitro benzene ring substituents is 1. The molecule has 0 bridgehead atoms. The van der Waals surface area contributed by atoms with Crippen LogP contribution in [0.2, 0.25) is 0 Å². The molecule has 198 valence electrons. The van der Waals surface area contributed by atoms with Gasteiger partial charge in [0.25, 0.3) is 11.2 Å². The zero-order valence-corrected chi connectivity index (χ0v) is 21.5. The van der Waals surface area contributed by atoms with Crippen LogP contribution in [0.15, 0.2) is 59.7 Å². The van der Waals surface area contributed by atoms with Crippen LogP contribution in [-0.2, 0) is 0 Å². The third-order valence-corrected chi connectivity index (χ3v) is 6.74. The molecule has 0 fully saturated rings. The van der Waals surface area contributed by atoms with Gasteiger partial charge >= 0.3 is 0 Å². The highest BCUT2D eigenvalue weighted by Gasteiger charge is 2.24. The van der Waals surface area contributed by atoms with Crippen LogP contribution in [0.4, 0.5) is 23.0 Å². The Labute approximate surface area is 221 Å². The van der Waals surface area contributed by atoms with Gasteiger partial charge in [-0.3, -0.25) is 24.6 Å². The molecule has 0 saturated heterocycles. The SMILES string of the molecule is CN(C)c1ccc([N+](=O)[O-])cc1-n1c(=O)c2c[nH]nc2c2cnc(NCC3CN(C)c4ccccc4O3)nc21. The lowest BCUT2D eigenvalue weighted by Gasteiger charge is -2.33. The standard InChI is InChI=1S/C26H25N9O4/c1-32(2)19-9-8-15(35(37)38)10-21(19)34-24-17(23-18(25(34)36)13-29-31-23)12-28-26(30-24)27-11-16-14-33(3)20-6-4-5-7-22(20)39-16/h4-10,12-13,16H,11,14H2,1-3H3,(H,29,31)(H,27,28,30). The lowest BCUT2D eigenvalue weighted by atomic mass is 10.2. The molecule has 0 spiro atoms. The average molecular weight is 528 g/mol. The summed E-state index contributed by atoms with van der Waals surface area (Å²) in [5.41, 5.74) is 2.10. The molecule has 1 atom stereocenters. The molecule has 2 aromatic carbocycles. The van der Waals surface area contributed by atoms with Gasteiger partial charge < -0.3 is 19.9 Å². The number of ether oxygens (including phenoxy) is 1. The van der Waals surface area contributed by atoms with E-state index in [1.54, 1.807) is 31.3 Å². The highest BCUT2D eigenvalue weighted by atomic mass is 16.6. The van der Waals surface area contributed by atoms with E-state index in [9.17, 15) is 14.9 Å². The third-order valence-electron chi connectivity index (χ3n) is 6.74. The second kappa shape index (κ2) is 9.28. The van der Waals surface area contributed by atoms with Crippen molar-refractivity contribution in [3.05, 3.63) is 75.3 Å². The minimum absolute atomic E-state index is 0.144. The fourth-order valence-corrected chi connectivity index (χ4v) is 4.88. The zero-order chi connectivity index (χ0) is 27.3. The number of anilines is 3. The molecule has 0 radical (unpaired) electrons. The van der Waals surface area contributed by atoms with Gasteiger partial charge in [-0.2, -0.15) is 10.1 Å². The van der Waals surface area contributed by atoms with Crippen molar-refractivity contribution in [1.29, 1.82) is 0 Å². The van der Waals surface area contributed by atoms with E-state index in [-0.39, 0.29) is 23.4 Å². The van der Waals surface area contributed by atoms with E-state index in [4.69, 9.17) is 9.72 Å². The van der Waals surface area contributed by atoms with Crippen molar-refractivity contribution >= 4 is 44.9 Å². The number of benzene rings is 2. The Morgan fingerprint density at radius 1 is 1.21 bits per heavy atom. The fourth-order valence-electron chi connectivity index (χ4n) is 4.88. The van der Waals surface area contributed by atoms with Gasteiger partial charge in [-0.15, -0.1) is 0 Å². The van der Waals surface area contributed by atoms with E-state index >= 15 is 0 Å². The summed E-state index contributed by atoms with van der Waals surface area (Å²) in [6.07, 6.45) is 2.93. The third kappa shape index (κ3) is 4.13. The Kier molecular flexibility index (Phi) is 5.74. The smallest absolute Gasteiger partial charge is 0.271 e. The van der Waals surface area contributed by atoms with Crippen molar-refractivity contribution in [1.82, 2.24) is 24.7 Å². The molecule has 5 aromatic rings. The van der Waals surface area contributed by atoms with Gasteiger partial charge in [-0.25, -0.2) is 4.98 Å². The second-order valence-electron chi connectivity index (χ2n) is 9.51. The van der Waals surface area contributed by atoms with Gasteiger partial charge in [-0.1, -0.05) is 12.1 Å². The maximum Gasteiger partial charge on any atom is 0.271 e. The number of nitro groups is 1. The molecule has 1 aliphatic heterocycles. The Morgan fingerprint density at radius 2 is 2.03 bits per heavy atom. The molecule has 0 saturated carbocycles. The number of aromatic nitrogens is 5. The number of nitrogens with zero attached hydrogens (tertiary/aromatic N) is 7. The summed E-state index contributed by atoms with van der Waals surface area (Å²) in [4.78, 5) is 37.9. The van der Waals surface area contributed by atoms with Crippen molar-refractivity contribution in [2.75, 3.05) is 49.3 Å². The number of hydrogen-bond acceptors (Lipinski definition) is 10. The summed E-state index contributed by atoms with van der Waals surface area (Å²) >= 11 is 0. The zero-order valence-electron chi connectivity index (χ0n) is 21.5. The largest absolute Gasteiger partial charge is 0.485 e. The highest BCUT2D eigenvalue weighted by Crippen LogP contribution is 2.33. The van der Waals surface area contributed by atoms with E-state index in [1.807, 2.05) is 31.3 Å². The fraction of sp³-hybridized carbons (Fsp3) is 0.231. The number of fused-ring (bicyclic) bond motifs is 4. The van der Waals surface area contributed by atoms with Crippen LogP contribution in [-0.4, -0.2) is 70.0 Å². The van der Waals surface area contributed by atoms with Crippen LogP contribution in [0.3, 0.4) is 0 Å². The number of aromatic amines is 1. The van der Waals surface area contributed by atoms with E-state index < -0.39 is 10.5 Å². The normalized spacial score (nSPS) is 14.7. The first kappa shape index (κ1) is 24.2. The van der Waals surface area contributed by atoms with Crippen molar-refractivity contribution in [3.8, 4) is 11.4 Å². The molecule has 13 nitrogen and oxygen atoms in total. The predicted octanol–water partition coefficient (Wildman–Crippen LogP) is 2.94. The first-order chi connectivity index (χ1) is 18.8. The Bertz CT molecular complexity index is 1800. The molecule has 6 rings (SSSR count). The summed E-state index contributed by atoms with van der Waals surface area (Å²) in [6.45, 7) is 1.08. The van der Waals surface area contributed by atoms with Crippen LogP contribution < -0.4 is 25.4 Å². The Morgan fingerprint density at radius 3 is 2.82 bits per heavy atom. The lowest BCUT2D eigenvalue weighted by Crippen LogP contribution is -2.41. The molecule has 39 heavy (non-hydrogen) atoms. The highest BCUT2D eigenvalue weighted by molar-refractivity contribution is 6.02. The van der Waals surface area contributed by atoms with Gasteiger partial charge in [-0.05, 0) is 18.2 Å². The first-order valence-corrected chi connectivity index (χ1v) is 12.2. The quantitative estimate of drug-likeness (QED) is 0.249. The molecule has 4 heterocycles. The number of para-hydroxylation sites is 2.